The fourth-order valence-corrected chi connectivity index (χ4v) is 5.35. The molecule has 0 amide bonds. The van der Waals surface area contributed by atoms with Crippen molar-refractivity contribution >= 4 is 61.3 Å². The van der Waals surface area contributed by atoms with Crippen LogP contribution >= 0.6 is 39.5 Å². The molecule has 0 spiro atoms. The lowest BCUT2D eigenvalue weighted by molar-refractivity contribution is 0.0601. The summed E-state index contributed by atoms with van der Waals surface area (Å²) in [6.45, 7) is 2.11. The number of anilines is 2. The first kappa shape index (κ1) is 20.3. The molecule has 1 aromatic carbocycles. The van der Waals surface area contributed by atoms with Gasteiger partial charge in [-0.25, -0.2) is 4.79 Å². The number of hydrogen-bond donors (Lipinski definition) is 2. The minimum Gasteiger partial charge on any atom is -0.465 e. The van der Waals surface area contributed by atoms with Crippen molar-refractivity contribution in [1.29, 1.82) is 0 Å². The Morgan fingerprint density at radius 3 is 2.78 bits per heavy atom. The van der Waals surface area contributed by atoms with E-state index >= 15 is 0 Å². The molecule has 0 unspecified atom stereocenters. The molecule has 4 nitrogen and oxygen atoms in total. The summed E-state index contributed by atoms with van der Waals surface area (Å²) in [5, 5.41) is 7.77. The maximum atomic E-state index is 12.4. The van der Waals surface area contributed by atoms with Gasteiger partial charge in [-0.05, 0) is 73.6 Å². The van der Waals surface area contributed by atoms with E-state index in [0.717, 1.165) is 52.8 Å². The molecule has 1 aliphatic carbocycles. The predicted octanol–water partition coefficient (Wildman–Crippen LogP) is 5.94. The Balaban J connectivity index is 1.84. The lowest BCUT2D eigenvalue weighted by Gasteiger charge is -2.14. The first-order chi connectivity index (χ1) is 13.0. The molecular weight excluding hydrogens is 444 g/mol. The summed E-state index contributed by atoms with van der Waals surface area (Å²) in [5.41, 5.74) is 3.92. The van der Waals surface area contributed by atoms with Gasteiger partial charge >= 0.3 is 5.97 Å². The summed E-state index contributed by atoms with van der Waals surface area (Å²) in [4.78, 5) is 13.7. The van der Waals surface area contributed by atoms with Crippen LogP contribution in [0.3, 0.4) is 0 Å². The zero-order valence-electron chi connectivity index (χ0n) is 15.5. The lowest BCUT2D eigenvalue weighted by atomic mass is 10.1. The lowest BCUT2D eigenvalue weighted by Crippen LogP contribution is -2.21. The summed E-state index contributed by atoms with van der Waals surface area (Å²) in [7, 11) is 1.43. The standard InChI is InChI=1S/C20H23BrN2O2S2/c1-3-12-11-13(21)9-10-15(12)22-20(26)23-18-17(19(24)25-2)14-7-5-4-6-8-16(14)27-18/h9-11H,3-8H2,1-2H3,(H2,22,23,26). The molecule has 0 bridgehead atoms. The Morgan fingerprint density at radius 1 is 1.26 bits per heavy atom. The highest BCUT2D eigenvalue weighted by molar-refractivity contribution is 9.10. The van der Waals surface area contributed by atoms with Gasteiger partial charge in [0.25, 0.3) is 0 Å². The minimum absolute atomic E-state index is 0.294. The second-order valence-corrected chi connectivity index (χ2v) is 8.92. The fraction of sp³-hybridized carbons (Fsp3) is 0.400. The highest BCUT2D eigenvalue weighted by atomic mass is 79.9. The van der Waals surface area contributed by atoms with E-state index in [-0.39, 0.29) is 5.97 Å². The van der Waals surface area contributed by atoms with Crippen LogP contribution < -0.4 is 10.6 Å². The van der Waals surface area contributed by atoms with Crippen molar-refractivity contribution in [1.82, 2.24) is 0 Å². The first-order valence-electron chi connectivity index (χ1n) is 9.12. The number of nitrogens with one attached hydrogen (secondary N) is 2. The Hall–Kier alpha value is -1.44. The molecule has 1 aliphatic rings. The Bertz CT molecular complexity index is 864. The van der Waals surface area contributed by atoms with Gasteiger partial charge in [-0.2, -0.15) is 0 Å². The quantitative estimate of drug-likeness (QED) is 0.331. The van der Waals surface area contributed by atoms with Gasteiger partial charge in [0.1, 0.15) is 5.00 Å². The number of rotatable bonds is 4. The average molecular weight is 467 g/mol. The van der Waals surface area contributed by atoms with E-state index in [0.29, 0.717) is 10.7 Å². The molecule has 0 atom stereocenters. The fourth-order valence-electron chi connectivity index (χ4n) is 3.38. The van der Waals surface area contributed by atoms with E-state index in [2.05, 4.69) is 39.6 Å². The Morgan fingerprint density at radius 2 is 2.04 bits per heavy atom. The van der Waals surface area contributed by atoms with Gasteiger partial charge in [-0.15, -0.1) is 11.3 Å². The predicted molar refractivity (Wildman–Crippen MR) is 120 cm³/mol. The minimum atomic E-state index is -0.294. The van der Waals surface area contributed by atoms with E-state index in [1.165, 1.54) is 24.0 Å². The van der Waals surface area contributed by atoms with E-state index < -0.39 is 0 Å². The number of aryl methyl sites for hydroxylation is 2. The van der Waals surface area contributed by atoms with E-state index in [9.17, 15) is 4.79 Å². The number of esters is 1. The number of hydrogen-bond acceptors (Lipinski definition) is 4. The van der Waals surface area contributed by atoms with E-state index in [1.807, 2.05) is 12.1 Å². The topological polar surface area (TPSA) is 50.4 Å². The van der Waals surface area contributed by atoms with Crippen molar-refractivity contribution in [2.45, 2.75) is 45.4 Å². The number of ether oxygens (including phenoxy) is 1. The highest BCUT2D eigenvalue weighted by Crippen LogP contribution is 2.38. The number of carbonyl (C=O) groups is 1. The van der Waals surface area contributed by atoms with Crippen LogP contribution in [-0.4, -0.2) is 18.2 Å². The summed E-state index contributed by atoms with van der Waals surface area (Å²) in [6, 6.07) is 6.07. The average Bonchev–Trinajstić information content (AvgIpc) is 2.83. The van der Waals surface area contributed by atoms with Gasteiger partial charge in [-0.3, -0.25) is 0 Å². The molecular formula is C20H23BrN2O2S2. The van der Waals surface area contributed by atoms with Crippen LogP contribution in [0.5, 0.6) is 0 Å². The SMILES string of the molecule is CCc1cc(Br)ccc1NC(=S)Nc1sc2c(c1C(=O)OC)CCCCC2. The maximum absolute atomic E-state index is 12.4. The molecule has 0 radical (unpaired) electrons. The van der Waals surface area contributed by atoms with Gasteiger partial charge in [-0.1, -0.05) is 29.3 Å². The molecule has 0 aliphatic heterocycles. The second kappa shape index (κ2) is 9.17. The molecule has 2 N–H and O–H groups in total. The Kier molecular flexibility index (Phi) is 6.89. The number of carbonyl (C=O) groups excluding carboxylic acids is 1. The zero-order valence-corrected chi connectivity index (χ0v) is 18.7. The summed E-state index contributed by atoms with van der Waals surface area (Å²) < 4.78 is 6.09. The largest absolute Gasteiger partial charge is 0.465 e. The molecule has 0 saturated carbocycles. The highest BCUT2D eigenvalue weighted by Gasteiger charge is 2.25. The monoisotopic (exact) mass is 466 g/mol. The molecule has 1 aromatic heterocycles. The van der Waals surface area contributed by atoms with Gasteiger partial charge in [0.05, 0.1) is 12.7 Å². The third kappa shape index (κ3) is 4.70. The smallest absolute Gasteiger partial charge is 0.341 e. The summed E-state index contributed by atoms with van der Waals surface area (Å²) >= 11 is 10.7. The van der Waals surface area contributed by atoms with Crippen molar-refractivity contribution in [2.75, 3.05) is 17.7 Å². The normalized spacial score (nSPS) is 13.4. The number of fused-ring (bicyclic) bond motifs is 1. The Labute approximate surface area is 177 Å². The molecule has 2 aromatic rings. The summed E-state index contributed by atoms with van der Waals surface area (Å²) in [6.07, 6.45) is 6.30. The van der Waals surface area contributed by atoms with Crippen molar-refractivity contribution in [3.05, 3.63) is 44.2 Å². The van der Waals surface area contributed by atoms with Crippen LogP contribution in [0.4, 0.5) is 10.7 Å². The van der Waals surface area contributed by atoms with Crippen molar-refractivity contribution in [3.63, 3.8) is 0 Å². The molecule has 3 rings (SSSR count). The molecule has 144 valence electrons. The molecule has 0 fully saturated rings. The van der Waals surface area contributed by atoms with E-state index in [1.54, 1.807) is 11.3 Å². The number of methoxy groups -OCH3 is 1. The summed E-state index contributed by atoms with van der Waals surface area (Å²) in [5.74, 6) is -0.294. The molecule has 27 heavy (non-hydrogen) atoms. The van der Waals surface area contributed by atoms with Crippen molar-refractivity contribution in [3.8, 4) is 0 Å². The second-order valence-electron chi connectivity index (χ2n) is 6.49. The van der Waals surface area contributed by atoms with Crippen LogP contribution in [0, 0.1) is 0 Å². The number of benzene rings is 1. The van der Waals surface area contributed by atoms with Crippen molar-refractivity contribution < 1.29 is 9.53 Å². The number of thiocarbonyl (C=S) groups is 1. The van der Waals surface area contributed by atoms with Crippen LogP contribution in [0.1, 0.15) is 52.5 Å². The van der Waals surface area contributed by atoms with E-state index in [4.69, 9.17) is 17.0 Å². The maximum Gasteiger partial charge on any atom is 0.341 e. The number of halogens is 1. The third-order valence-electron chi connectivity index (χ3n) is 4.73. The van der Waals surface area contributed by atoms with Crippen LogP contribution in [0.15, 0.2) is 22.7 Å². The number of thiophene rings is 1. The van der Waals surface area contributed by atoms with Gasteiger partial charge in [0.2, 0.25) is 0 Å². The van der Waals surface area contributed by atoms with Gasteiger partial charge in [0.15, 0.2) is 5.11 Å². The van der Waals surface area contributed by atoms with Crippen molar-refractivity contribution in [2.24, 2.45) is 0 Å². The molecule has 7 heteroatoms. The zero-order chi connectivity index (χ0) is 19.4. The van der Waals surface area contributed by atoms with Gasteiger partial charge in [0, 0.05) is 15.0 Å². The third-order valence-corrected chi connectivity index (χ3v) is 6.64. The van der Waals surface area contributed by atoms with Gasteiger partial charge < -0.3 is 15.4 Å². The first-order valence-corrected chi connectivity index (χ1v) is 11.1. The van der Waals surface area contributed by atoms with Crippen LogP contribution in [-0.2, 0) is 24.0 Å². The molecule has 0 saturated heterocycles. The van der Waals surface area contributed by atoms with Crippen LogP contribution in [0.25, 0.3) is 0 Å². The van der Waals surface area contributed by atoms with Crippen LogP contribution in [0.2, 0.25) is 0 Å². The molecule has 1 heterocycles.